The van der Waals surface area contributed by atoms with Crippen LogP contribution in [0.15, 0.2) is 66.7 Å². The summed E-state index contributed by atoms with van der Waals surface area (Å²) in [6.45, 7) is 3.84. The highest BCUT2D eigenvalue weighted by Gasteiger charge is 2.11. The Morgan fingerprint density at radius 3 is 2.27 bits per heavy atom. The molecule has 170 valence electrons. The fourth-order valence-electron chi connectivity index (χ4n) is 2.81. The molecule has 9 heteroatoms. The zero-order chi connectivity index (χ0) is 24.0. The average molecular weight is 486 g/mol. The quantitative estimate of drug-likeness (QED) is 0.393. The normalized spacial score (nSPS) is 10.5. The summed E-state index contributed by atoms with van der Waals surface area (Å²) in [6, 6.07) is 17.1. The third kappa shape index (κ3) is 7.00. The number of anilines is 2. The van der Waals surface area contributed by atoms with Crippen molar-refractivity contribution in [2.75, 3.05) is 10.6 Å². The van der Waals surface area contributed by atoms with Gasteiger partial charge >= 0.3 is 0 Å². The highest BCUT2D eigenvalue weighted by molar-refractivity contribution is 7.80. The molecule has 3 N–H and O–H groups in total. The molecule has 0 saturated carbocycles. The zero-order valence-electron chi connectivity index (χ0n) is 17.8. The number of benzene rings is 3. The fraction of sp³-hybridized carbons (Fsp3) is 0.125. The maximum atomic E-state index is 13.3. The molecule has 0 aromatic heterocycles. The van der Waals surface area contributed by atoms with Crippen LogP contribution in [0.4, 0.5) is 15.8 Å². The van der Waals surface area contributed by atoms with Gasteiger partial charge in [-0.15, -0.1) is 0 Å². The first-order chi connectivity index (χ1) is 15.7. The second-order valence-corrected chi connectivity index (χ2v) is 8.08. The third-order valence-electron chi connectivity index (χ3n) is 4.28. The predicted molar refractivity (Wildman–Crippen MR) is 132 cm³/mol. The van der Waals surface area contributed by atoms with Gasteiger partial charge in [0.25, 0.3) is 11.8 Å². The SMILES string of the molecule is CC(C)Oc1ccc(C(=O)NC(=S)Nc2cccc(C(=O)Nc3ccc(F)c(Cl)c3)c2)cc1. The number of amides is 2. The molecular formula is C24H21ClFN3O3S. The van der Waals surface area contributed by atoms with Crippen LogP contribution in [0, 0.1) is 5.82 Å². The van der Waals surface area contributed by atoms with E-state index in [0.717, 1.165) is 0 Å². The summed E-state index contributed by atoms with van der Waals surface area (Å²) in [5.74, 6) is -0.706. The second-order valence-electron chi connectivity index (χ2n) is 7.26. The van der Waals surface area contributed by atoms with Crippen LogP contribution in [0.1, 0.15) is 34.6 Å². The average Bonchev–Trinajstić information content (AvgIpc) is 2.76. The molecular weight excluding hydrogens is 465 g/mol. The molecule has 3 aromatic rings. The van der Waals surface area contributed by atoms with Gasteiger partial charge < -0.3 is 15.4 Å². The monoisotopic (exact) mass is 485 g/mol. The van der Waals surface area contributed by atoms with E-state index in [9.17, 15) is 14.0 Å². The largest absolute Gasteiger partial charge is 0.491 e. The van der Waals surface area contributed by atoms with E-state index in [1.807, 2.05) is 13.8 Å². The van der Waals surface area contributed by atoms with E-state index in [-0.39, 0.29) is 22.1 Å². The summed E-state index contributed by atoms with van der Waals surface area (Å²) >= 11 is 11.0. The van der Waals surface area contributed by atoms with Gasteiger partial charge in [-0.2, -0.15) is 0 Å². The summed E-state index contributed by atoms with van der Waals surface area (Å²) in [4.78, 5) is 24.9. The minimum absolute atomic E-state index is 0.0350. The molecule has 0 heterocycles. The zero-order valence-corrected chi connectivity index (χ0v) is 19.4. The van der Waals surface area contributed by atoms with Gasteiger partial charge in [-0.3, -0.25) is 14.9 Å². The number of rotatable bonds is 6. The molecule has 0 atom stereocenters. The summed E-state index contributed by atoms with van der Waals surface area (Å²) < 4.78 is 18.9. The first-order valence-electron chi connectivity index (χ1n) is 9.97. The molecule has 0 spiro atoms. The summed E-state index contributed by atoms with van der Waals surface area (Å²) in [6.07, 6.45) is 0.0350. The number of carbonyl (C=O) groups excluding carboxylic acids is 2. The number of halogens is 2. The van der Waals surface area contributed by atoms with Crippen molar-refractivity contribution in [3.63, 3.8) is 0 Å². The Bertz CT molecular complexity index is 1190. The lowest BCUT2D eigenvalue weighted by Gasteiger charge is -2.12. The van der Waals surface area contributed by atoms with Gasteiger partial charge in [0, 0.05) is 22.5 Å². The molecule has 0 aliphatic carbocycles. The van der Waals surface area contributed by atoms with Crippen molar-refractivity contribution in [2.24, 2.45) is 0 Å². The summed E-state index contributed by atoms with van der Waals surface area (Å²) in [5, 5.41) is 8.10. The number of nitrogens with one attached hydrogen (secondary N) is 3. The van der Waals surface area contributed by atoms with E-state index >= 15 is 0 Å². The van der Waals surface area contributed by atoms with Crippen molar-refractivity contribution in [2.45, 2.75) is 20.0 Å². The lowest BCUT2D eigenvalue weighted by molar-refractivity contribution is 0.0976. The Labute approximate surface area is 201 Å². The Morgan fingerprint density at radius 2 is 1.61 bits per heavy atom. The number of ether oxygens (including phenoxy) is 1. The Kier molecular flexibility index (Phi) is 7.97. The predicted octanol–water partition coefficient (Wildman–Crippen LogP) is 5.65. The third-order valence-corrected chi connectivity index (χ3v) is 4.77. The van der Waals surface area contributed by atoms with E-state index in [2.05, 4.69) is 16.0 Å². The van der Waals surface area contributed by atoms with Gasteiger partial charge in [0.2, 0.25) is 0 Å². The van der Waals surface area contributed by atoms with Gasteiger partial charge in [-0.05, 0) is 86.7 Å². The van der Waals surface area contributed by atoms with Gasteiger partial charge in [0.05, 0.1) is 11.1 Å². The first-order valence-corrected chi connectivity index (χ1v) is 10.8. The molecule has 0 bridgehead atoms. The molecule has 0 aliphatic heterocycles. The summed E-state index contributed by atoms with van der Waals surface area (Å²) in [7, 11) is 0. The number of hydrogen-bond acceptors (Lipinski definition) is 4. The molecule has 0 radical (unpaired) electrons. The molecule has 0 saturated heterocycles. The van der Waals surface area contributed by atoms with Crippen molar-refractivity contribution in [1.29, 1.82) is 0 Å². The second kappa shape index (κ2) is 10.9. The first kappa shape index (κ1) is 24.2. The van der Waals surface area contributed by atoms with Crippen molar-refractivity contribution in [3.05, 3.63) is 88.7 Å². The van der Waals surface area contributed by atoms with Gasteiger partial charge in [0.15, 0.2) is 5.11 Å². The molecule has 33 heavy (non-hydrogen) atoms. The van der Waals surface area contributed by atoms with Crippen LogP contribution in [0.25, 0.3) is 0 Å². The highest BCUT2D eigenvalue weighted by atomic mass is 35.5. The standard InChI is InChI=1S/C24H21ClFN3O3S/c1-14(2)32-19-9-6-15(7-10-19)22(30)29-24(33)28-17-5-3-4-16(12-17)23(31)27-18-8-11-21(26)20(25)13-18/h3-14H,1-2H3,(H,27,31)(H2,28,29,30,33). The molecule has 6 nitrogen and oxygen atoms in total. The number of hydrogen-bond donors (Lipinski definition) is 3. The maximum absolute atomic E-state index is 13.3. The van der Waals surface area contributed by atoms with E-state index in [0.29, 0.717) is 28.3 Å². The Hall–Kier alpha value is -3.49. The Balaban J connectivity index is 1.59. The van der Waals surface area contributed by atoms with Crippen molar-refractivity contribution < 1.29 is 18.7 Å². The van der Waals surface area contributed by atoms with Crippen LogP contribution >= 0.6 is 23.8 Å². The van der Waals surface area contributed by atoms with Gasteiger partial charge in [-0.25, -0.2) is 4.39 Å². The maximum Gasteiger partial charge on any atom is 0.257 e. The van der Waals surface area contributed by atoms with Gasteiger partial charge in [-0.1, -0.05) is 17.7 Å². The van der Waals surface area contributed by atoms with E-state index in [1.165, 1.54) is 18.2 Å². The lowest BCUT2D eigenvalue weighted by Crippen LogP contribution is -2.34. The van der Waals surface area contributed by atoms with Crippen LogP contribution in [0.3, 0.4) is 0 Å². The van der Waals surface area contributed by atoms with Gasteiger partial charge in [0.1, 0.15) is 11.6 Å². The molecule has 3 rings (SSSR count). The van der Waals surface area contributed by atoms with Crippen molar-refractivity contribution in [3.8, 4) is 5.75 Å². The van der Waals surface area contributed by atoms with Crippen molar-refractivity contribution in [1.82, 2.24) is 5.32 Å². The molecule has 0 aliphatic rings. The number of thiocarbonyl (C=S) groups is 1. The molecule has 0 fully saturated rings. The molecule has 2 amide bonds. The summed E-state index contributed by atoms with van der Waals surface area (Å²) in [5.41, 5.74) is 1.61. The Morgan fingerprint density at radius 1 is 0.909 bits per heavy atom. The number of carbonyl (C=O) groups is 2. The highest BCUT2D eigenvalue weighted by Crippen LogP contribution is 2.20. The molecule has 3 aromatic carbocycles. The van der Waals surface area contributed by atoms with Crippen molar-refractivity contribution >= 4 is 52.1 Å². The van der Waals surface area contributed by atoms with Crippen LogP contribution in [0.2, 0.25) is 5.02 Å². The van der Waals surface area contributed by atoms with E-state index in [4.69, 9.17) is 28.6 Å². The topological polar surface area (TPSA) is 79.5 Å². The van der Waals surface area contributed by atoms with Crippen LogP contribution < -0.4 is 20.7 Å². The van der Waals surface area contributed by atoms with E-state index < -0.39 is 11.7 Å². The minimum Gasteiger partial charge on any atom is -0.491 e. The molecule has 0 unspecified atom stereocenters. The van der Waals surface area contributed by atoms with E-state index in [1.54, 1.807) is 48.5 Å². The minimum atomic E-state index is -0.573. The van der Waals surface area contributed by atoms with Crippen LogP contribution in [-0.4, -0.2) is 23.0 Å². The van der Waals surface area contributed by atoms with Crippen LogP contribution in [-0.2, 0) is 0 Å². The fourth-order valence-corrected chi connectivity index (χ4v) is 3.20. The lowest BCUT2D eigenvalue weighted by atomic mass is 10.2. The van der Waals surface area contributed by atoms with Crippen LogP contribution in [0.5, 0.6) is 5.75 Å². The smallest absolute Gasteiger partial charge is 0.257 e.